The van der Waals surface area contributed by atoms with Crippen LogP contribution in [-0.4, -0.2) is 51.3 Å². The molecule has 13 heavy (non-hydrogen) atoms. The second-order valence-corrected chi connectivity index (χ2v) is 4.15. The second kappa shape index (κ2) is 5.94. The standard InChI is InChI=1S/C9H21N2O2/c1-11(2,3)6-4-5-7-13-9(12)8-10/h4-8,10H2,1-3H3/q+1. The molecular formula is C9H21N2O2+. The van der Waals surface area contributed by atoms with Crippen LogP contribution in [0.4, 0.5) is 0 Å². The largest absolute Gasteiger partial charge is 0.465 e. The van der Waals surface area contributed by atoms with Crippen LogP contribution in [0, 0.1) is 0 Å². The first-order valence-corrected chi connectivity index (χ1v) is 4.62. The van der Waals surface area contributed by atoms with Crippen LogP contribution >= 0.6 is 0 Å². The molecule has 4 heteroatoms. The predicted octanol–water partition coefficient (Wildman–Crippen LogP) is -0.0253. The van der Waals surface area contributed by atoms with Gasteiger partial charge >= 0.3 is 5.97 Å². The first-order chi connectivity index (χ1) is 5.95. The molecule has 0 aromatic rings. The molecule has 0 fully saturated rings. The van der Waals surface area contributed by atoms with E-state index in [1.54, 1.807) is 0 Å². The van der Waals surface area contributed by atoms with E-state index < -0.39 is 0 Å². The lowest BCUT2D eigenvalue weighted by Gasteiger charge is -2.23. The van der Waals surface area contributed by atoms with E-state index in [9.17, 15) is 4.79 Å². The third-order valence-corrected chi connectivity index (χ3v) is 1.65. The fourth-order valence-corrected chi connectivity index (χ4v) is 0.933. The number of rotatable bonds is 6. The lowest BCUT2D eigenvalue weighted by Crippen LogP contribution is -2.35. The number of hydrogen-bond donors (Lipinski definition) is 1. The Balaban J connectivity index is 3.22. The van der Waals surface area contributed by atoms with Crippen molar-refractivity contribution in [1.82, 2.24) is 0 Å². The molecule has 0 radical (unpaired) electrons. The van der Waals surface area contributed by atoms with Crippen molar-refractivity contribution in [3.05, 3.63) is 0 Å². The van der Waals surface area contributed by atoms with E-state index in [-0.39, 0.29) is 12.5 Å². The molecule has 0 atom stereocenters. The molecule has 0 aromatic heterocycles. The summed E-state index contributed by atoms with van der Waals surface area (Å²) >= 11 is 0. The third-order valence-electron chi connectivity index (χ3n) is 1.65. The van der Waals surface area contributed by atoms with Gasteiger partial charge < -0.3 is 15.0 Å². The van der Waals surface area contributed by atoms with Crippen molar-refractivity contribution >= 4 is 5.97 Å². The van der Waals surface area contributed by atoms with Gasteiger partial charge in [-0.25, -0.2) is 0 Å². The second-order valence-electron chi connectivity index (χ2n) is 4.15. The summed E-state index contributed by atoms with van der Waals surface area (Å²) in [6.45, 7) is 1.57. The Morgan fingerprint density at radius 3 is 2.38 bits per heavy atom. The SMILES string of the molecule is C[N+](C)(C)CCCCOC(=O)CN. The zero-order valence-electron chi connectivity index (χ0n) is 8.88. The number of nitrogens with zero attached hydrogens (tertiary/aromatic N) is 1. The number of nitrogens with two attached hydrogens (primary N) is 1. The van der Waals surface area contributed by atoms with E-state index in [0.29, 0.717) is 6.61 Å². The maximum Gasteiger partial charge on any atom is 0.319 e. The smallest absolute Gasteiger partial charge is 0.319 e. The van der Waals surface area contributed by atoms with E-state index in [0.717, 1.165) is 23.9 Å². The Labute approximate surface area is 80.2 Å². The number of carbonyl (C=O) groups excluding carboxylic acids is 1. The van der Waals surface area contributed by atoms with Crippen LogP contribution in [0.25, 0.3) is 0 Å². The fourth-order valence-electron chi connectivity index (χ4n) is 0.933. The minimum absolute atomic E-state index is 0.0185. The molecule has 0 saturated carbocycles. The highest BCUT2D eigenvalue weighted by atomic mass is 16.5. The van der Waals surface area contributed by atoms with Crippen molar-refractivity contribution in [3.8, 4) is 0 Å². The van der Waals surface area contributed by atoms with Gasteiger partial charge in [0.15, 0.2) is 0 Å². The average molecular weight is 189 g/mol. The zero-order valence-corrected chi connectivity index (χ0v) is 8.88. The number of esters is 1. The minimum atomic E-state index is -0.315. The molecule has 0 aliphatic carbocycles. The summed E-state index contributed by atoms with van der Waals surface area (Å²) in [5.41, 5.74) is 5.08. The Morgan fingerprint density at radius 1 is 1.31 bits per heavy atom. The van der Waals surface area contributed by atoms with Crippen molar-refractivity contribution in [2.24, 2.45) is 5.73 Å². The molecule has 0 amide bonds. The molecule has 0 aliphatic heterocycles. The van der Waals surface area contributed by atoms with Crippen LogP contribution in [-0.2, 0) is 9.53 Å². The van der Waals surface area contributed by atoms with Gasteiger partial charge in [0.2, 0.25) is 0 Å². The molecule has 0 saturated heterocycles. The summed E-state index contributed by atoms with van der Waals surface area (Å²) in [7, 11) is 6.43. The third kappa shape index (κ3) is 9.30. The molecule has 0 aliphatic rings. The normalized spacial score (nSPS) is 11.4. The monoisotopic (exact) mass is 189 g/mol. The summed E-state index contributed by atoms with van der Waals surface area (Å²) in [5, 5.41) is 0. The molecule has 0 rings (SSSR count). The summed E-state index contributed by atoms with van der Waals surface area (Å²) in [4.78, 5) is 10.6. The molecule has 0 bridgehead atoms. The minimum Gasteiger partial charge on any atom is -0.465 e. The summed E-state index contributed by atoms with van der Waals surface area (Å²) < 4.78 is 5.78. The highest BCUT2D eigenvalue weighted by molar-refractivity contribution is 5.71. The summed E-state index contributed by atoms with van der Waals surface area (Å²) in [6.07, 6.45) is 1.99. The van der Waals surface area contributed by atoms with Crippen molar-refractivity contribution in [1.29, 1.82) is 0 Å². The molecule has 78 valence electrons. The number of carbonyl (C=O) groups is 1. The van der Waals surface area contributed by atoms with Crippen molar-refractivity contribution in [2.75, 3.05) is 40.8 Å². The van der Waals surface area contributed by atoms with E-state index >= 15 is 0 Å². The number of unbranched alkanes of at least 4 members (excludes halogenated alkanes) is 1. The number of quaternary nitrogens is 1. The van der Waals surface area contributed by atoms with Gasteiger partial charge in [-0.1, -0.05) is 0 Å². The van der Waals surface area contributed by atoms with E-state index in [1.165, 1.54) is 0 Å². The Kier molecular flexibility index (Phi) is 5.66. The van der Waals surface area contributed by atoms with Crippen LogP contribution < -0.4 is 5.73 Å². The van der Waals surface area contributed by atoms with Crippen molar-refractivity contribution in [3.63, 3.8) is 0 Å². The number of ether oxygens (including phenoxy) is 1. The van der Waals surface area contributed by atoms with Gasteiger partial charge in [0.1, 0.15) is 0 Å². The quantitative estimate of drug-likeness (QED) is 0.363. The van der Waals surface area contributed by atoms with E-state index in [4.69, 9.17) is 10.5 Å². The van der Waals surface area contributed by atoms with Crippen LogP contribution in [0.2, 0.25) is 0 Å². The van der Waals surface area contributed by atoms with Gasteiger partial charge in [-0.2, -0.15) is 0 Å². The highest BCUT2D eigenvalue weighted by Crippen LogP contribution is 1.97. The molecule has 0 heterocycles. The van der Waals surface area contributed by atoms with Gasteiger partial charge in [0.25, 0.3) is 0 Å². The maximum atomic E-state index is 10.6. The summed E-state index contributed by atoms with van der Waals surface area (Å²) in [6, 6.07) is 0. The lowest BCUT2D eigenvalue weighted by atomic mass is 10.3. The zero-order chi connectivity index (χ0) is 10.3. The predicted molar refractivity (Wildman–Crippen MR) is 52.1 cm³/mol. The van der Waals surface area contributed by atoms with Gasteiger partial charge in [-0.15, -0.1) is 0 Å². The van der Waals surface area contributed by atoms with Gasteiger partial charge in [0.05, 0.1) is 40.8 Å². The molecule has 0 unspecified atom stereocenters. The molecule has 0 spiro atoms. The number of hydrogen-bond acceptors (Lipinski definition) is 3. The van der Waals surface area contributed by atoms with Crippen LogP contribution in [0.15, 0.2) is 0 Å². The van der Waals surface area contributed by atoms with E-state index in [2.05, 4.69) is 21.1 Å². The van der Waals surface area contributed by atoms with Gasteiger partial charge in [-0.3, -0.25) is 4.79 Å². The van der Waals surface area contributed by atoms with Crippen LogP contribution in [0.5, 0.6) is 0 Å². The Hall–Kier alpha value is -0.610. The lowest BCUT2D eigenvalue weighted by molar-refractivity contribution is -0.870. The molecule has 4 nitrogen and oxygen atoms in total. The Bertz CT molecular complexity index is 152. The molecule has 0 aromatic carbocycles. The Morgan fingerprint density at radius 2 is 1.92 bits per heavy atom. The topological polar surface area (TPSA) is 52.3 Å². The van der Waals surface area contributed by atoms with E-state index in [1.807, 2.05) is 0 Å². The fraction of sp³-hybridized carbons (Fsp3) is 0.889. The first kappa shape index (κ1) is 12.4. The summed E-state index contributed by atoms with van der Waals surface area (Å²) in [5.74, 6) is -0.315. The van der Waals surface area contributed by atoms with Crippen LogP contribution in [0.3, 0.4) is 0 Å². The maximum absolute atomic E-state index is 10.6. The highest BCUT2D eigenvalue weighted by Gasteiger charge is 2.05. The van der Waals surface area contributed by atoms with Gasteiger partial charge in [0, 0.05) is 0 Å². The van der Waals surface area contributed by atoms with Crippen molar-refractivity contribution < 1.29 is 14.0 Å². The first-order valence-electron chi connectivity index (χ1n) is 4.62. The van der Waals surface area contributed by atoms with Gasteiger partial charge in [-0.05, 0) is 12.8 Å². The molecular weight excluding hydrogens is 168 g/mol. The van der Waals surface area contributed by atoms with Crippen molar-refractivity contribution in [2.45, 2.75) is 12.8 Å². The molecule has 2 N–H and O–H groups in total. The average Bonchev–Trinajstić information content (AvgIpc) is 2.01. The van der Waals surface area contributed by atoms with Crippen LogP contribution in [0.1, 0.15) is 12.8 Å².